The summed E-state index contributed by atoms with van der Waals surface area (Å²) in [7, 11) is 0. The summed E-state index contributed by atoms with van der Waals surface area (Å²) in [4.78, 5) is 38.0. The summed E-state index contributed by atoms with van der Waals surface area (Å²) in [6.07, 6.45) is 1.29. The van der Waals surface area contributed by atoms with Crippen molar-refractivity contribution in [2.75, 3.05) is 6.54 Å². The molecular formula is C26H21Br2NO5S. The first kappa shape index (κ1) is 25.5. The van der Waals surface area contributed by atoms with Crippen molar-refractivity contribution in [2.45, 2.75) is 26.6 Å². The normalized spacial score (nSPS) is 14.9. The van der Waals surface area contributed by atoms with Gasteiger partial charge in [-0.3, -0.25) is 19.3 Å². The highest BCUT2D eigenvalue weighted by Crippen LogP contribution is 2.38. The number of carbonyl (C=O) groups excluding carboxylic acids is 3. The average molecular weight is 619 g/mol. The molecular weight excluding hydrogens is 598 g/mol. The average Bonchev–Trinajstić information content (AvgIpc) is 3.05. The molecule has 0 spiro atoms. The van der Waals surface area contributed by atoms with Crippen molar-refractivity contribution in [1.82, 2.24) is 4.90 Å². The van der Waals surface area contributed by atoms with Gasteiger partial charge in [0.25, 0.3) is 11.1 Å². The van der Waals surface area contributed by atoms with Crippen LogP contribution in [-0.4, -0.2) is 34.7 Å². The standard InChI is InChI=1S/C26H21Br2NO5S/c1-15(2)34-23(30)13-29-25(31)22(35-26(29)32)12-17-10-20(27)24(21(28)11-17)33-14-16-7-8-18-5-3-4-6-19(18)9-16/h3-12,15H,13-14H2,1-2H3/b22-12+. The van der Waals surface area contributed by atoms with Gasteiger partial charge in [0.2, 0.25) is 0 Å². The van der Waals surface area contributed by atoms with Gasteiger partial charge in [0, 0.05) is 0 Å². The molecule has 0 aromatic heterocycles. The second-order valence-corrected chi connectivity index (χ2v) is 10.8. The molecule has 2 amide bonds. The van der Waals surface area contributed by atoms with Gasteiger partial charge in [-0.05, 0) is 104 Å². The topological polar surface area (TPSA) is 72.9 Å². The van der Waals surface area contributed by atoms with Crippen LogP contribution in [-0.2, 0) is 20.9 Å². The number of hydrogen-bond acceptors (Lipinski definition) is 6. The van der Waals surface area contributed by atoms with Crippen molar-refractivity contribution >= 4 is 77.6 Å². The minimum atomic E-state index is -0.623. The highest BCUT2D eigenvalue weighted by molar-refractivity contribution is 9.11. The maximum absolute atomic E-state index is 12.7. The monoisotopic (exact) mass is 617 g/mol. The molecule has 1 saturated heterocycles. The van der Waals surface area contributed by atoms with Crippen molar-refractivity contribution in [1.29, 1.82) is 0 Å². The van der Waals surface area contributed by atoms with Gasteiger partial charge >= 0.3 is 5.97 Å². The van der Waals surface area contributed by atoms with Gasteiger partial charge in [0.1, 0.15) is 18.9 Å². The molecule has 1 aliphatic heterocycles. The predicted molar refractivity (Wildman–Crippen MR) is 144 cm³/mol. The largest absolute Gasteiger partial charge is 0.487 e. The highest BCUT2D eigenvalue weighted by Gasteiger charge is 2.36. The van der Waals surface area contributed by atoms with E-state index in [0.717, 1.165) is 27.6 Å². The van der Waals surface area contributed by atoms with E-state index in [1.54, 1.807) is 19.9 Å². The number of ether oxygens (including phenoxy) is 2. The molecule has 180 valence electrons. The van der Waals surface area contributed by atoms with Crippen molar-refractivity contribution in [3.05, 3.63) is 79.6 Å². The smallest absolute Gasteiger partial charge is 0.326 e. The zero-order chi connectivity index (χ0) is 25.1. The Morgan fingerprint density at radius 2 is 1.71 bits per heavy atom. The Kier molecular flexibility index (Phi) is 7.98. The number of nitrogens with zero attached hydrogens (tertiary/aromatic N) is 1. The van der Waals surface area contributed by atoms with Crippen LogP contribution in [0.5, 0.6) is 5.75 Å². The number of esters is 1. The molecule has 1 heterocycles. The van der Waals surface area contributed by atoms with E-state index >= 15 is 0 Å². The number of fused-ring (bicyclic) bond motifs is 1. The van der Waals surface area contributed by atoms with Gasteiger partial charge in [-0.25, -0.2) is 0 Å². The summed E-state index contributed by atoms with van der Waals surface area (Å²) in [6, 6.07) is 18.0. The third-order valence-electron chi connectivity index (χ3n) is 5.04. The number of imide groups is 1. The zero-order valence-corrected chi connectivity index (χ0v) is 22.9. The van der Waals surface area contributed by atoms with Crippen LogP contribution in [0.25, 0.3) is 16.8 Å². The number of carbonyl (C=O) groups is 3. The highest BCUT2D eigenvalue weighted by atomic mass is 79.9. The first-order valence-corrected chi connectivity index (χ1v) is 13.2. The number of amides is 2. The molecule has 0 bridgehead atoms. The van der Waals surface area contributed by atoms with Crippen molar-refractivity contribution in [3.63, 3.8) is 0 Å². The number of thioether (sulfide) groups is 1. The Labute approximate surface area is 223 Å². The first-order chi connectivity index (χ1) is 16.7. The van der Waals surface area contributed by atoms with Crippen molar-refractivity contribution in [3.8, 4) is 5.75 Å². The second-order valence-electron chi connectivity index (χ2n) is 8.09. The third kappa shape index (κ3) is 6.15. The molecule has 6 nitrogen and oxygen atoms in total. The fourth-order valence-corrected chi connectivity index (χ4v) is 5.79. The van der Waals surface area contributed by atoms with E-state index in [2.05, 4.69) is 56.1 Å². The number of halogens is 2. The predicted octanol–water partition coefficient (Wildman–Crippen LogP) is 6.93. The lowest BCUT2D eigenvalue weighted by molar-refractivity contribution is -0.149. The lowest BCUT2D eigenvalue weighted by Crippen LogP contribution is -2.35. The van der Waals surface area contributed by atoms with Crippen LogP contribution < -0.4 is 4.74 Å². The molecule has 1 fully saturated rings. The maximum atomic E-state index is 12.7. The maximum Gasteiger partial charge on any atom is 0.326 e. The van der Waals surface area contributed by atoms with Gasteiger partial charge in [-0.2, -0.15) is 0 Å². The summed E-state index contributed by atoms with van der Waals surface area (Å²) in [5.74, 6) is -0.522. The Morgan fingerprint density at radius 3 is 2.40 bits per heavy atom. The molecule has 3 aromatic carbocycles. The van der Waals surface area contributed by atoms with E-state index in [4.69, 9.17) is 9.47 Å². The van der Waals surface area contributed by atoms with Crippen LogP contribution in [0.2, 0.25) is 0 Å². The lowest BCUT2D eigenvalue weighted by atomic mass is 10.1. The number of benzene rings is 3. The van der Waals surface area contributed by atoms with Gasteiger partial charge < -0.3 is 9.47 Å². The van der Waals surface area contributed by atoms with Crippen LogP contribution in [0.3, 0.4) is 0 Å². The summed E-state index contributed by atoms with van der Waals surface area (Å²) >= 11 is 7.87. The van der Waals surface area contributed by atoms with Crippen LogP contribution >= 0.6 is 43.6 Å². The molecule has 35 heavy (non-hydrogen) atoms. The molecule has 0 unspecified atom stereocenters. The molecule has 0 aliphatic carbocycles. The van der Waals surface area contributed by atoms with Crippen molar-refractivity contribution in [2.24, 2.45) is 0 Å². The Morgan fingerprint density at radius 1 is 1.03 bits per heavy atom. The second kappa shape index (κ2) is 11.0. The van der Waals surface area contributed by atoms with E-state index in [9.17, 15) is 14.4 Å². The van der Waals surface area contributed by atoms with Gasteiger partial charge in [-0.1, -0.05) is 36.4 Å². The van der Waals surface area contributed by atoms with E-state index in [0.29, 0.717) is 26.9 Å². The fourth-order valence-electron chi connectivity index (χ4n) is 3.50. The molecule has 3 aromatic rings. The first-order valence-electron chi connectivity index (χ1n) is 10.8. The molecule has 4 rings (SSSR count). The Bertz CT molecular complexity index is 1330. The molecule has 0 atom stereocenters. The third-order valence-corrected chi connectivity index (χ3v) is 7.13. The molecule has 0 N–H and O–H groups in total. The Hall–Kier alpha value is -2.62. The summed E-state index contributed by atoms with van der Waals surface area (Å²) in [5.41, 5.74) is 1.73. The molecule has 0 saturated carbocycles. The number of hydrogen-bond donors (Lipinski definition) is 0. The summed E-state index contributed by atoms with van der Waals surface area (Å²) < 4.78 is 12.5. The zero-order valence-electron chi connectivity index (χ0n) is 18.9. The van der Waals surface area contributed by atoms with Crippen LogP contribution in [0.4, 0.5) is 4.79 Å². The fraction of sp³-hybridized carbons (Fsp3) is 0.192. The summed E-state index contributed by atoms with van der Waals surface area (Å²) in [5, 5.41) is 1.81. The minimum Gasteiger partial charge on any atom is -0.487 e. The van der Waals surface area contributed by atoms with Gasteiger partial charge in [0.15, 0.2) is 0 Å². The quantitative estimate of drug-likeness (QED) is 0.211. The van der Waals surface area contributed by atoms with E-state index < -0.39 is 23.7 Å². The van der Waals surface area contributed by atoms with Crippen molar-refractivity contribution < 1.29 is 23.9 Å². The SMILES string of the molecule is CC(C)OC(=O)CN1C(=O)S/C(=C/c2cc(Br)c(OCc3ccc4ccccc4c3)c(Br)c2)C1=O. The summed E-state index contributed by atoms with van der Waals surface area (Å²) in [6.45, 7) is 3.38. The van der Waals surface area contributed by atoms with Gasteiger partial charge in [-0.15, -0.1) is 0 Å². The minimum absolute atomic E-state index is 0.232. The van der Waals surface area contributed by atoms with Crippen LogP contribution in [0.15, 0.2) is 68.4 Å². The number of rotatable bonds is 7. The molecule has 1 aliphatic rings. The van der Waals surface area contributed by atoms with Gasteiger partial charge in [0.05, 0.1) is 20.0 Å². The van der Waals surface area contributed by atoms with E-state index in [1.807, 2.05) is 30.3 Å². The lowest BCUT2D eigenvalue weighted by Gasteiger charge is -2.13. The van der Waals surface area contributed by atoms with Crippen LogP contribution in [0, 0.1) is 0 Å². The molecule has 0 radical (unpaired) electrons. The van der Waals surface area contributed by atoms with Crippen LogP contribution in [0.1, 0.15) is 25.0 Å². The van der Waals surface area contributed by atoms with E-state index in [1.165, 1.54) is 5.39 Å². The Balaban J connectivity index is 1.47. The van der Waals surface area contributed by atoms with E-state index in [-0.39, 0.29) is 11.0 Å². The molecule has 9 heteroatoms.